The topological polar surface area (TPSA) is 29.1 Å². The molecule has 2 nitrogen and oxygen atoms in total. The number of halogens is 1. The van der Waals surface area contributed by atoms with Crippen molar-refractivity contribution in [2.24, 2.45) is 0 Å². The van der Waals surface area contributed by atoms with Crippen LogP contribution in [0.3, 0.4) is 0 Å². The van der Waals surface area contributed by atoms with E-state index in [1.807, 2.05) is 36.4 Å². The third kappa shape index (κ3) is 4.41. The number of anilines is 1. The van der Waals surface area contributed by atoms with Crippen molar-refractivity contribution < 1.29 is 4.79 Å². The van der Waals surface area contributed by atoms with Gasteiger partial charge in [0.25, 0.3) is 0 Å². The van der Waals surface area contributed by atoms with E-state index in [-0.39, 0.29) is 5.91 Å². The van der Waals surface area contributed by atoms with Crippen molar-refractivity contribution in [2.45, 2.75) is 27.2 Å². The second kappa shape index (κ2) is 7.88. The fourth-order valence-corrected chi connectivity index (χ4v) is 3.61. The smallest absolute Gasteiger partial charge is 0.228 e. The maximum Gasteiger partial charge on any atom is 0.228 e. The van der Waals surface area contributed by atoms with Crippen LogP contribution in [0, 0.1) is 20.8 Å². The first-order valence-corrected chi connectivity index (χ1v) is 9.44. The molecule has 3 aromatic carbocycles. The highest BCUT2D eigenvalue weighted by atomic mass is 79.9. The van der Waals surface area contributed by atoms with Gasteiger partial charge >= 0.3 is 0 Å². The number of rotatable bonds is 4. The van der Waals surface area contributed by atoms with Crippen LogP contribution in [0.2, 0.25) is 0 Å². The standard InChI is InChI=1S/C23H22BrNO/c1-15-12-16(2)23(17(3)13-15)19-6-10-21(11-7-19)25-22(26)14-18-4-8-20(24)9-5-18/h4-13H,14H2,1-3H3,(H,25,26). The van der Waals surface area contributed by atoms with Crippen LogP contribution >= 0.6 is 15.9 Å². The van der Waals surface area contributed by atoms with Crippen molar-refractivity contribution in [3.05, 3.63) is 87.4 Å². The van der Waals surface area contributed by atoms with E-state index in [0.717, 1.165) is 15.7 Å². The normalized spacial score (nSPS) is 10.6. The molecule has 0 radical (unpaired) electrons. The van der Waals surface area contributed by atoms with Crippen molar-refractivity contribution in [2.75, 3.05) is 5.32 Å². The third-order valence-corrected chi connectivity index (χ3v) is 4.94. The van der Waals surface area contributed by atoms with Gasteiger partial charge in [-0.3, -0.25) is 4.79 Å². The molecule has 0 heterocycles. The van der Waals surface area contributed by atoms with E-state index in [1.165, 1.54) is 27.8 Å². The molecule has 132 valence electrons. The summed E-state index contributed by atoms with van der Waals surface area (Å²) in [6.45, 7) is 6.40. The van der Waals surface area contributed by atoms with Crippen LogP contribution in [0.1, 0.15) is 22.3 Å². The summed E-state index contributed by atoms with van der Waals surface area (Å²) in [6.07, 6.45) is 0.366. The summed E-state index contributed by atoms with van der Waals surface area (Å²) >= 11 is 3.40. The molecule has 0 saturated heterocycles. The molecule has 0 fully saturated rings. The van der Waals surface area contributed by atoms with Gasteiger partial charge < -0.3 is 5.32 Å². The Morgan fingerprint density at radius 3 is 2.04 bits per heavy atom. The molecule has 0 aliphatic heterocycles. The third-order valence-electron chi connectivity index (χ3n) is 4.41. The summed E-state index contributed by atoms with van der Waals surface area (Å²) in [5.74, 6) is -0.0113. The van der Waals surface area contributed by atoms with E-state index in [2.05, 4.69) is 66.3 Å². The molecule has 0 aliphatic carbocycles. The van der Waals surface area contributed by atoms with Gasteiger partial charge in [0.2, 0.25) is 5.91 Å². The van der Waals surface area contributed by atoms with E-state index < -0.39 is 0 Å². The average molecular weight is 408 g/mol. The molecule has 0 bridgehead atoms. The van der Waals surface area contributed by atoms with Crippen LogP contribution < -0.4 is 5.32 Å². The van der Waals surface area contributed by atoms with Crippen LogP contribution in [-0.2, 0) is 11.2 Å². The number of hydrogen-bond donors (Lipinski definition) is 1. The minimum Gasteiger partial charge on any atom is -0.326 e. The van der Waals surface area contributed by atoms with E-state index in [0.29, 0.717) is 6.42 Å². The summed E-state index contributed by atoms with van der Waals surface area (Å²) in [7, 11) is 0. The molecule has 0 saturated carbocycles. The number of aryl methyl sites for hydroxylation is 3. The zero-order valence-corrected chi connectivity index (χ0v) is 16.9. The molecule has 0 aliphatic rings. The first-order valence-electron chi connectivity index (χ1n) is 8.65. The van der Waals surface area contributed by atoms with Crippen LogP contribution in [0.25, 0.3) is 11.1 Å². The van der Waals surface area contributed by atoms with Crippen LogP contribution in [0.4, 0.5) is 5.69 Å². The first-order chi connectivity index (χ1) is 12.4. The lowest BCUT2D eigenvalue weighted by molar-refractivity contribution is -0.115. The fraction of sp³-hybridized carbons (Fsp3) is 0.174. The van der Waals surface area contributed by atoms with Crippen molar-refractivity contribution in [1.82, 2.24) is 0 Å². The lowest BCUT2D eigenvalue weighted by atomic mass is 9.94. The molecule has 0 unspecified atom stereocenters. The lowest BCUT2D eigenvalue weighted by Gasteiger charge is -2.12. The molecule has 3 rings (SSSR count). The van der Waals surface area contributed by atoms with Crippen molar-refractivity contribution in [1.29, 1.82) is 0 Å². The maximum absolute atomic E-state index is 12.2. The summed E-state index contributed by atoms with van der Waals surface area (Å²) in [4.78, 5) is 12.2. The lowest BCUT2D eigenvalue weighted by Crippen LogP contribution is -2.14. The molecule has 3 aromatic rings. The number of carbonyl (C=O) groups excluding carboxylic acids is 1. The van der Waals surface area contributed by atoms with Crippen LogP contribution in [0.15, 0.2) is 65.1 Å². The molecule has 3 heteroatoms. The molecule has 1 amide bonds. The predicted octanol–water partition coefficient (Wildman–Crippen LogP) is 6.22. The summed E-state index contributed by atoms with van der Waals surface area (Å²) < 4.78 is 1.01. The Morgan fingerprint density at radius 1 is 0.885 bits per heavy atom. The highest BCUT2D eigenvalue weighted by molar-refractivity contribution is 9.10. The highest BCUT2D eigenvalue weighted by Crippen LogP contribution is 2.29. The molecule has 1 N–H and O–H groups in total. The number of carbonyl (C=O) groups is 1. The second-order valence-corrected chi connectivity index (χ2v) is 7.62. The zero-order chi connectivity index (χ0) is 18.7. The molecule has 26 heavy (non-hydrogen) atoms. The average Bonchev–Trinajstić information content (AvgIpc) is 2.57. The zero-order valence-electron chi connectivity index (χ0n) is 15.3. The van der Waals surface area contributed by atoms with Gasteiger partial charge in [-0.2, -0.15) is 0 Å². The summed E-state index contributed by atoms with van der Waals surface area (Å²) in [5.41, 5.74) is 8.07. The van der Waals surface area contributed by atoms with Crippen molar-refractivity contribution >= 4 is 27.5 Å². The van der Waals surface area contributed by atoms with Gasteiger partial charge in [0, 0.05) is 10.2 Å². The Kier molecular flexibility index (Phi) is 5.58. The molecular formula is C23H22BrNO. The maximum atomic E-state index is 12.2. The number of benzene rings is 3. The van der Waals surface area contributed by atoms with E-state index in [1.54, 1.807) is 0 Å². The number of amides is 1. The SMILES string of the molecule is Cc1cc(C)c(-c2ccc(NC(=O)Cc3ccc(Br)cc3)cc2)c(C)c1. The fourth-order valence-electron chi connectivity index (χ4n) is 3.35. The first kappa shape index (κ1) is 18.4. The Morgan fingerprint density at radius 2 is 1.46 bits per heavy atom. The highest BCUT2D eigenvalue weighted by Gasteiger charge is 2.08. The second-order valence-electron chi connectivity index (χ2n) is 6.70. The van der Waals surface area contributed by atoms with Gasteiger partial charge in [-0.25, -0.2) is 0 Å². The van der Waals surface area contributed by atoms with Crippen LogP contribution in [-0.4, -0.2) is 5.91 Å². The summed E-state index contributed by atoms with van der Waals surface area (Å²) in [6, 6.07) is 20.3. The number of nitrogens with one attached hydrogen (secondary N) is 1. The van der Waals surface area contributed by atoms with Gasteiger partial charge in [0.05, 0.1) is 6.42 Å². The van der Waals surface area contributed by atoms with Crippen molar-refractivity contribution in [3.8, 4) is 11.1 Å². The molecule has 0 atom stereocenters. The Bertz CT molecular complexity index is 904. The summed E-state index contributed by atoms with van der Waals surface area (Å²) in [5, 5.41) is 2.97. The Labute approximate surface area is 163 Å². The minimum absolute atomic E-state index is 0.0113. The van der Waals surface area contributed by atoms with Gasteiger partial charge in [0.15, 0.2) is 0 Å². The van der Waals surface area contributed by atoms with Gasteiger partial charge in [0.1, 0.15) is 0 Å². The largest absolute Gasteiger partial charge is 0.326 e. The quantitative estimate of drug-likeness (QED) is 0.545. The van der Waals surface area contributed by atoms with E-state index >= 15 is 0 Å². The Hall–Kier alpha value is -2.39. The Balaban J connectivity index is 1.72. The van der Waals surface area contributed by atoms with Crippen LogP contribution in [0.5, 0.6) is 0 Å². The molecular weight excluding hydrogens is 386 g/mol. The van der Waals surface area contributed by atoms with E-state index in [9.17, 15) is 4.79 Å². The van der Waals surface area contributed by atoms with Crippen molar-refractivity contribution in [3.63, 3.8) is 0 Å². The molecule has 0 aromatic heterocycles. The number of hydrogen-bond acceptors (Lipinski definition) is 1. The van der Waals surface area contributed by atoms with E-state index in [4.69, 9.17) is 0 Å². The molecule has 0 spiro atoms. The predicted molar refractivity (Wildman–Crippen MR) is 113 cm³/mol. The van der Waals surface area contributed by atoms with Gasteiger partial charge in [-0.15, -0.1) is 0 Å². The van der Waals surface area contributed by atoms with Gasteiger partial charge in [-0.1, -0.05) is 57.9 Å². The monoisotopic (exact) mass is 407 g/mol. The van der Waals surface area contributed by atoms with Gasteiger partial charge in [-0.05, 0) is 72.9 Å². The minimum atomic E-state index is -0.0113.